The topological polar surface area (TPSA) is 41.6 Å². The molecule has 4 heteroatoms. The third kappa shape index (κ3) is 4.15. The van der Waals surface area contributed by atoms with Crippen LogP contribution in [0.4, 0.5) is 0 Å². The number of aryl methyl sites for hydroxylation is 1. The summed E-state index contributed by atoms with van der Waals surface area (Å²) in [6, 6.07) is 9.07. The summed E-state index contributed by atoms with van der Waals surface area (Å²) in [5, 5.41) is 0. The average Bonchev–Trinajstić information content (AvgIpc) is 3.14. The second-order valence-electron chi connectivity index (χ2n) is 4.76. The van der Waals surface area contributed by atoms with Crippen molar-refractivity contribution in [1.82, 2.24) is 4.90 Å². The first-order valence-corrected chi connectivity index (χ1v) is 6.25. The Balaban J connectivity index is 0.00000162. The molecule has 0 bridgehead atoms. The summed E-state index contributed by atoms with van der Waals surface area (Å²) in [7, 11) is 2.03. The van der Waals surface area contributed by atoms with E-state index in [0.29, 0.717) is 12.0 Å². The van der Waals surface area contributed by atoms with Crippen molar-refractivity contribution >= 4 is 29.9 Å². The van der Waals surface area contributed by atoms with E-state index in [0.717, 1.165) is 13.0 Å². The highest BCUT2D eigenvalue weighted by Gasteiger charge is 2.27. The molecule has 2 rings (SSSR count). The molecular formula is C14H22IN3. The number of guanidine groups is 1. The fourth-order valence-corrected chi connectivity index (χ4v) is 1.94. The molecule has 18 heavy (non-hydrogen) atoms. The first-order chi connectivity index (χ1) is 8.18. The molecule has 3 nitrogen and oxygen atoms in total. The molecule has 1 aliphatic carbocycles. The quantitative estimate of drug-likeness (QED) is 0.510. The van der Waals surface area contributed by atoms with Gasteiger partial charge in [-0.25, -0.2) is 0 Å². The molecule has 0 amide bonds. The van der Waals surface area contributed by atoms with Crippen molar-refractivity contribution in [3.63, 3.8) is 0 Å². The predicted octanol–water partition coefficient (Wildman–Crippen LogP) is 2.56. The molecule has 2 N–H and O–H groups in total. The van der Waals surface area contributed by atoms with E-state index in [1.807, 2.05) is 7.05 Å². The molecule has 0 heterocycles. The summed E-state index contributed by atoms with van der Waals surface area (Å²) < 4.78 is 0. The van der Waals surface area contributed by atoms with Gasteiger partial charge in [0.2, 0.25) is 0 Å². The second kappa shape index (κ2) is 6.97. The van der Waals surface area contributed by atoms with Gasteiger partial charge in [-0.05, 0) is 37.3 Å². The highest BCUT2D eigenvalue weighted by Crippen LogP contribution is 2.24. The molecule has 0 spiro atoms. The van der Waals surface area contributed by atoms with Crippen LogP contribution in [-0.4, -0.2) is 30.5 Å². The van der Waals surface area contributed by atoms with Crippen LogP contribution in [0.25, 0.3) is 0 Å². The highest BCUT2D eigenvalue weighted by molar-refractivity contribution is 14.0. The lowest BCUT2D eigenvalue weighted by atomic mass is 10.1. The molecule has 0 radical (unpaired) electrons. The van der Waals surface area contributed by atoms with Crippen molar-refractivity contribution in [3.05, 3.63) is 35.4 Å². The molecule has 1 saturated carbocycles. The van der Waals surface area contributed by atoms with E-state index in [-0.39, 0.29) is 24.0 Å². The Hall–Kier alpha value is -0.780. The summed E-state index contributed by atoms with van der Waals surface area (Å²) in [4.78, 5) is 6.54. The van der Waals surface area contributed by atoms with Crippen LogP contribution in [0.3, 0.4) is 0 Å². The molecule has 0 unspecified atom stereocenters. The van der Waals surface area contributed by atoms with Crippen LogP contribution < -0.4 is 5.73 Å². The zero-order valence-corrected chi connectivity index (χ0v) is 13.4. The van der Waals surface area contributed by atoms with Gasteiger partial charge >= 0.3 is 0 Å². The van der Waals surface area contributed by atoms with Crippen molar-refractivity contribution < 1.29 is 0 Å². The lowest BCUT2D eigenvalue weighted by molar-refractivity contribution is 0.487. The fraction of sp³-hybridized carbons (Fsp3) is 0.500. The van der Waals surface area contributed by atoms with Crippen LogP contribution in [0.2, 0.25) is 0 Å². The van der Waals surface area contributed by atoms with Crippen molar-refractivity contribution in [1.29, 1.82) is 0 Å². The van der Waals surface area contributed by atoms with Crippen LogP contribution in [0.5, 0.6) is 0 Å². The standard InChI is InChI=1S/C14H21N3.HI/c1-11-5-3-4-6-12(11)9-10-16-14(15)17(2)13-7-8-13;/h3-6,13H,7-10H2,1-2H3,(H2,15,16);1H. The number of rotatable bonds is 4. The Kier molecular flexibility index (Phi) is 5.91. The zero-order valence-electron chi connectivity index (χ0n) is 11.1. The van der Waals surface area contributed by atoms with Crippen LogP contribution in [0, 0.1) is 6.92 Å². The van der Waals surface area contributed by atoms with E-state index in [4.69, 9.17) is 5.73 Å². The monoisotopic (exact) mass is 359 g/mol. The molecule has 1 aliphatic rings. The Bertz CT molecular complexity index is 413. The van der Waals surface area contributed by atoms with E-state index >= 15 is 0 Å². The number of hydrogen-bond acceptors (Lipinski definition) is 1. The Morgan fingerprint density at radius 3 is 2.67 bits per heavy atom. The van der Waals surface area contributed by atoms with Crippen molar-refractivity contribution in [2.24, 2.45) is 10.7 Å². The number of nitrogens with two attached hydrogens (primary N) is 1. The number of hydrogen-bond donors (Lipinski definition) is 1. The summed E-state index contributed by atoms with van der Waals surface area (Å²) in [6.07, 6.45) is 3.47. The number of halogens is 1. The minimum atomic E-state index is 0. The normalized spacial score (nSPS) is 15.1. The van der Waals surface area contributed by atoms with Crippen molar-refractivity contribution in [3.8, 4) is 0 Å². The molecule has 1 aromatic rings. The lowest BCUT2D eigenvalue weighted by Crippen LogP contribution is -2.35. The molecule has 1 aromatic carbocycles. The van der Waals surface area contributed by atoms with Gasteiger partial charge in [0.15, 0.2) is 5.96 Å². The predicted molar refractivity (Wildman–Crippen MR) is 87.6 cm³/mol. The third-order valence-corrected chi connectivity index (χ3v) is 3.37. The Morgan fingerprint density at radius 2 is 2.06 bits per heavy atom. The van der Waals surface area contributed by atoms with Gasteiger partial charge in [0.1, 0.15) is 0 Å². The largest absolute Gasteiger partial charge is 0.370 e. The molecule has 0 saturated heterocycles. The van der Waals surface area contributed by atoms with Gasteiger partial charge in [-0.3, -0.25) is 4.99 Å². The molecular weight excluding hydrogens is 337 g/mol. The van der Waals surface area contributed by atoms with E-state index in [9.17, 15) is 0 Å². The third-order valence-electron chi connectivity index (χ3n) is 3.37. The minimum Gasteiger partial charge on any atom is -0.370 e. The molecule has 0 atom stereocenters. The van der Waals surface area contributed by atoms with Gasteiger partial charge in [0.25, 0.3) is 0 Å². The molecule has 100 valence electrons. The summed E-state index contributed by atoms with van der Waals surface area (Å²) in [6.45, 7) is 2.91. The second-order valence-corrected chi connectivity index (χ2v) is 4.76. The number of benzene rings is 1. The lowest BCUT2D eigenvalue weighted by Gasteiger charge is -2.16. The fourth-order valence-electron chi connectivity index (χ4n) is 1.94. The van der Waals surface area contributed by atoms with Crippen molar-refractivity contribution in [2.75, 3.05) is 13.6 Å². The summed E-state index contributed by atoms with van der Waals surface area (Å²) in [5.74, 6) is 0.682. The van der Waals surface area contributed by atoms with Gasteiger partial charge in [-0.1, -0.05) is 24.3 Å². The smallest absolute Gasteiger partial charge is 0.191 e. The van der Waals surface area contributed by atoms with Gasteiger partial charge < -0.3 is 10.6 Å². The summed E-state index contributed by atoms with van der Waals surface area (Å²) in [5.41, 5.74) is 8.63. The molecule has 0 aromatic heterocycles. The van der Waals surface area contributed by atoms with E-state index in [1.54, 1.807) is 0 Å². The maximum Gasteiger partial charge on any atom is 0.191 e. The van der Waals surface area contributed by atoms with Gasteiger partial charge in [0, 0.05) is 19.6 Å². The van der Waals surface area contributed by atoms with Crippen LogP contribution >= 0.6 is 24.0 Å². The van der Waals surface area contributed by atoms with E-state index < -0.39 is 0 Å². The van der Waals surface area contributed by atoms with E-state index in [2.05, 4.69) is 41.1 Å². The maximum absolute atomic E-state index is 5.94. The molecule has 1 fully saturated rings. The van der Waals surface area contributed by atoms with Crippen LogP contribution in [-0.2, 0) is 6.42 Å². The SMILES string of the molecule is Cc1ccccc1CCN=C(N)N(C)C1CC1.I. The Labute approximate surface area is 126 Å². The van der Waals surface area contributed by atoms with Crippen LogP contribution in [0.1, 0.15) is 24.0 Å². The zero-order chi connectivity index (χ0) is 12.3. The Morgan fingerprint density at radius 1 is 1.39 bits per heavy atom. The highest BCUT2D eigenvalue weighted by atomic mass is 127. The van der Waals surface area contributed by atoms with Gasteiger partial charge in [-0.2, -0.15) is 0 Å². The first-order valence-electron chi connectivity index (χ1n) is 6.25. The van der Waals surface area contributed by atoms with Gasteiger partial charge in [0.05, 0.1) is 0 Å². The summed E-state index contributed by atoms with van der Waals surface area (Å²) >= 11 is 0. The number of aliphatic imine (C=N–C) groups is 1. The van der Waals surface area contributed by atoms with E-state index in [1.165, 1.54) is 24.0 Å². The minimum absolute atomic E-state index is 0. The van der Waals surface area contributed by atoms with Crippen LogP contribution in [0.15, 0.2) is 29.3 Å². The molecule has 0 aliphatic heterocycles. The van der Waals surface area contributed by atoms with Gasteiger partial charge in [-0.15, -0.1) is 24.0 Å². The average molecular weight is 359 g/mol. The number of nitrogens with zero attached hydrogens (tertiary/aromatic N) is 2. The first kappa shape index (κ1) is 15.3. The van der Waals surface area contributed by atoms with Crippen molar-refractivity contribution in [2.45, 2.75) is 32.2 Å². The maximum atomic E-state index is 5.94.